The van der Waals surface area contributed by atoms with Gasteiger partial charge in [-0.25, -0.2) is 4.98 Å². The van der Waals surface area contributed by atoms with E-state index in [0.717, 1.165) is 12.5 Å². The van der Waals surface area contributed by atoms with E-state index in [2.05, 4.69) is 38.4 Å². The van der Waals surface area contributed by atoms with Gasteiger partial charge < -0.3 is 5.32 Å². The molecule has 0 aromatic carbocycles. The first-order valence-electron chi connectivity index (χ1n) is 6.65. The van der Waals surface area contributed by atoms with Crippen LogP contribution in [0.25, 0.3) is 0 Å². The van der Waals surface area contributed by atoms with Crippen molar-refractivity contribution in [2.75, 3.05) is 0 Å². The molecular formula is C14H24N2S. The predicted molar refractivity (Wildman–Crippen MR) is 74.5 cm³/mol. The second kappa shape index (κ2) is 5.07. The SMILES string of the molecule is CC(NCc1csc(C(C)(C)C)n1)C1CCC1. The standard InChI is InChI=1S/C14H24N2S/c1-10(11-6-5-7-11)15-8-12-9-17-13(16-12)14(2,3)4/h9-11,15H,5-8H2,1-4H3. The molecule has 0 bridgehead atoms. The Hall–Kier alpha value is -0.410. The largest absolute Gasteiger partial charge is 0.308 e. The Labute approximate surface area is 109 Å². The van der Waals surface area contributed by atoms with Crippen molar-refractivity contribution in [3.05, 3.63) is 16.1 Å². The Morgan fingerprint density at radius 3 is 2.65 bits per heavy atom. The van der Waals surface area contributed by atoms with Crippen molar-refractivity contribution < 1.29 is 0 Å². The van der Waals surface area contributed by atoms with Gasteiger partial charge in [-0.15, -0.1) is 11.3 Å². The molecule has 0 radical (unpaired) electrons. The minimum absolute atomic E-state index is 0.183. The fourth-order valence-electron chi connectivity index (χ4n) is 2.10. The third kappa shape index (κ3) is 3.29. The average Bonchev–Trinajstić information content (AvgIpc) is 2.59. The van der Waals surface area contributed by atoms with Crippen LogP contribution in [0.4, 0.5) is 0 Å². The number of nitrogens with zero attached hydrogens (tertiary/aromatic N) is 1. The van der Waals surface area contributed by atoms with E-state index in [4.69, 9.17) is 4.98 Å². The normalized spacial score (nSPS) is 19.1. The molecule has 17 heavy (non-hydrogen) atoms. The number of rotatable bonds is 4. The van der Waals surface area contributed by atoms with E-state index >= 15 is 0 Å². The molecule has 1 aliphatic carbocycles. The number of nitrogens with one attached hydrogen (secondary N) is 1. The van der Waals surface area contributed by atoms with Gasteiger partial charge in [-0.3, -0.25) is 0 Å². The summed E-state index contributed by atoms with van der Waals surface area (Å²) in [5.41, 5.74) is 1.38. The quantitative estimate of drug-likeness (QED) is 0.883. The van der Waals surface area contributed by atoms with Crippen LogP contribution in [0.15, 0.2) is 5.38 Å². The van der Waals surface area contributed by atoms with Crippen molar-refractivity contribution in [2.24, 2.45) is 5.92 Å². The second-order valence-corrected chi connectivity index (χ2v) is 7.11. The first-order chi connectivity index (χ1) is 7.97. The summed E-state index contributed by atoms with van der Waals surface area (Å²) in [7, 11) is 0. The number of hydrogen-bond acceptors (Lipinski definition) is 3. The van der Waals surface area contributed by atoms with Gasteiger partial charge in [0, 0.05) is 23.4 Å². The molecule has 1 heterocycles. The minimum Gasteiger partial charge on any atom is -0.308 e. The average molecular weight is 252 g/mol. The molecule has 0 amide bonds. The zero-order valence-electron chi connectivity index (χ0n) is 11.4. The van der Waals surface area contributed by atoms with Gasteiger partial charge in [0.05, 0.1) is 10.7 Å². The highest BCUT2D eigenvalue weighted by Gasteiger charge is 2.23. The van der Waals surface area contributed by atoms with Crippen LogP contribution < -0.4 is 5.32 Å². The molecule has 2 nitrogen and oxygen atoms in total. The van der Waals surface area contributed by atoms with E-state index in [1.54, 1.807) is 11.3 Å². The second-order valence-electron chi connectivity index (χ2n) is 6.25. The first-order valence-corrected chi connectivity index (χ1v) is 7.53. The third-order valence-corrected chi connectivity index (χ3v) is 4.97. The zero-order valence-corrected chi connectivity index (χ0v) is 12.2. The summed E-state index contributed by atoms with van der Waals surface area (Å²) in [5, 5.41) is 7.05. The van der Waals surface area contributed by atoms with E-state index in [0.29, 0.717) is 6.04 Å². The highest BCUT2D eigenvalue weighted by atomic mass is 32.1. The van der Waals surface area contributed by atoms with Crippen molar-refractivity contribution in [3.63, 3.8) is 0 Å². The monoisotopic (exact) mass is 252 g/mol. The topological polar surface area (TPSA) is 24.9 Å². The molecule has 1 N–H and O–H groups in total. The maximum Gasteiger partial charge on any atom is 0.0982 e. The van der Waals surface area contributed by atoms with E-state index in [1.165, 1.54) is 30.0 Å². The van der Waals surface area contributed by atoms with Crippen LogP contribution in [0.3, 0.4) is 0 Å². The lowest BCUT2D eigenvalue weighted by Gasteiger charge is -2.31. The highest BCUT2D eigenvalue weighted by Crippen LogP contribution is 2.30. The summed E-state index contributed by atoms with van der Waals surface area (Å²) in [6.07, 6.45) is 4.22. The molecule has 1 aromatic heterocycles. The summed E-state index contributed by atoms with van der Waals surface area (Å²) >= 11 is 1.79. The van der Waals surface area contributed by atoms with Crippen LogP contribution in [0.5, 0.6) is 0 Å². The van der Waals surface area contributed by atoms with E-state index < -0.39 is 0 Å². The molecule has 3 heteroatoms. The Kier molecular flexibility index (Phi) is 3.88. The van der Waals surface area contributed by atoms with Crippen LogP contribution >= 0.6 is 11.3 Å². The van der Waals surface area contributed by atoms with Crippen molar-refractivity contribution >= 4 is 11.3 Å². The molecule has 1 aromatic rings. The van der Waals surface area contributed by atoms with Crippen molar-refractivity contribution in [2.45, 2.75) is 65.0 Å². The van der Waals surface area contributed by atoms with Crippen LogP contribution in [-0.4, -0.2) is 11.0 Å². The molecule has 2 rings (SSSR count). The Morgan fingerprint density at radius 2 is 2.18 bits per heavy atom. The number of aromatic nitrogens is 1. The molecule has 1 saturated carbocycles. The lowest BCUT2D eigenvalue weighted by atomic mass is 9.80. The molecule has 0 saturated heterocycles. The number of hydrogen-bond donors (Lipinski definition) is 1. The summed E-state index contributed by atoms with van der Waals surface area (Å²) < 4.78 is 0. The molecule has 96 valence electrons. The van der Waals surface area contributed by atoms with Gasteiger partial charge in [-0.2, -0.15) is 0 Å². The molecule has 0 spiro atoms. The van der Waals surface area contributed by atoms with Crippen LogP contribution in [0.1, 0.15) is 57.7 Å². The van der Waals surface area contributed by atoms with Gasteiger partial charge >= 0.3 is 0 Å². The Bertz CT molecular complexity index is 361. The van der Waals surface area contributed by atoms with Gasteiger partial charge in [0.1, 0.15) is 0 Å². The zero-order chi connectivity index (χ0) is 12.5. The maximum atomic E-state index is 4.71. The Balaban J connectivity index is 1.84. The van der Waals surface area contributed by atoms with E-state index in [-0.39, 0.29) is 5.41 Å². The van der Waals surface area contributed by atoms with Gasteiger partial charge in [-0.05, 0) is 25.7 Å². The summed E-state index contributed by atoms with van der Waals surface area (Å²) in [5.74, 6) is 0.899. The maximum absolute atomic E-state index is 4.71. The fourth-order valence-corrected chi connectivity index (χ4v) is 3.01. The van der Waals surface area contributed by atoms with Crippen LogP contribution in [0.2, 0.25) is 0 Å². The predicted octanol–water partition coefficient (Wildman–Crippen LogP) is 3.72. The van der Waals surface area contributed by atoms with Crippen LogP contribution in [0, 0.1) is 5.92 Å². The highest BCUT2D eigenvalue weighted by molar-refractivity contribution is 7.09. The van der Waals surface area contributed by atoms with Gasteiger partial charge in [0.15, 0.2) is 0 Å². The Morgan fingerprint density at radius 1 is 1.47 bits per heavy atom. The van der Waals surface area contributed by atoms with Crippen molar-refractivity contribution in [1.29, 1.82) is 0 Å². The molecule has 1 fully saturated rings. The lowest BCUT2D eigenvalue weighted by molar-refractivity contribution is 0.239. The minimum atomic E-state index is 0.183. The molecule has 0 aliphatic heterocycles. The molecule has 1 atom stereocenters. The lowest BCUT2D eigenvalue weighted by Crippen LogP contribution is -2.36. The third-order valence-electron chi connectivity index (χ3n) is 3.66. The molecular weight excluding hydrogens is 228 g/mol. The van der Waals surface area contributed by atoms with Gasteiger partial charge in [-0.1, -0.05) is 27.2 Å². The number of thiazole rings is 1. The summed E-state index contributed by atoms with van der Waals surface area (Å²) in [6.45, 7) is 9.89. The van der Waals surface area contributed by atoms with Crippen molar-refractivity contribution in [3.8, 4) is 0 Å². The first kappa shape index (κ1) is 13.0. The van der Waals surface area contributed by atoms with Gasteiger partial charge in [0.25, 0.3) is 0 Å². The van der Waals surface area contributed by atoms with Crippen molar-refractivity contribution in [1.82, 2.24) is 10.3 Å². The smallest absolute Gasteiger partial charge is 0.0982 e. The fraction of sp³-hybridized carbons (Fsp3) is 0.786. The molecule has 1 aliphatic rings. The summed E-state index contributed by atoms with van der Waals surface area (Å²) in [4.78, 5) is 4.71. The summed E-state index contributed by atoms with van der Waals surface area (Å²) in [6, 6.07) is 0.642. The van der Waals surface area contributed by atoms with E-state index in [9.17, 15) is 0 Å². The van der Waals surface area contributed by atoms with Gasteiger partial charge in [0.2, 0.25) is 0 Å². The molecule has 1 unspecified atom stereocenters. The van der Waals surface area contributed by atoms with Crippen LogP contribution in [-0.2, 0) is 12.0 Å². The van der Waals surface area contributed by atoms with E-state index in [1.807, 2.05) is 0 Å².